The van der Waals surface area contributed by atoms with Gasteiger partial charge in [-0.05, 0) is 41.6 Å². The fourth-order valence-electron chi connectivity index (χ4n) is 1.37. The van der Waals surface area contributed by atoms with Crippen molar-refractivity contribution in [1.29, 1.82) is 0 Å². The van der Waals surface area contributed by atoms with E-state index in [0.29, 0.717) is 5.56 Å². The monoisotopic (exact) mass is 316 g/mol. The number of aromatic nitrogens is 2. The molecule has 5 heteroatoms. The van der Waals surface area contributed by atoms with Crippen molar-refractivity contribution in [3.05, 3.63) is 33.3 Å². The van der Waals surface area contributed by atoms with E-state index in [2.05, 4.69) is 32.3 Å². The molecule has 0 radical (unpaired) electrons. The second kappa shape index (κ2) is 3.80. The van der Waals surface area contributed by atoms with Crippen LogP contribution in [0.15, 0.2) is 18.3 Å². The Hall–Kier alpha value is -1.11. The number of fused-ring (bicyclic) bond motifs is 1. The number of imidazole rings is 1. The van der Waals surface area contributed by atoms with Gasteiger partial charge in [0, 0.05) is 6.20 Å². The Morgan fingerprint density at radius 1 is 1.53 bits per heavy atom. The maximum Gasteiger partial charge on any atom is 0.339 e. The predicted molar refractivity (Wildman–Crippen MR) is 64.0 cm³/mol. The Kier molecular flexibility index (Phi) is 2.64. The van der Waals surface area contributed by atoms with E-state index in [1.165, 1.54) is 7.11 Å². The van der Waals surface area contributed by atoms with Crippen molar-refractivity contribution >= 4 is 34.2 Å². The van der Waals surface area contributed by atoms with Crippen LogP contribution < -0.4 is 0 Å². The minimum absolute atomic E-state index is 0.334. The highest BCUT2D eigenvalue weighted by molar-refractivity contribution is 14.1. The molecule has 0 bridgehead atoms. The van der Waals surface area contributed by atoms with Gasteiger partial charge in [-0.3, -0.25) is 4.40 Å². The van der Waals surface area contributed by atoms with Gasteiger partial charge >= 0.3 is 5.97 Å². The molecule has 4 nitrogen and oxygen atoms in total. The number of ether oxygens (including phenoxy) is 1. The van der Waals surface area contributed by atoms with Gasteiger partial charge < -0.3 is 4.74 Å². The molecule has 0 N–H and O–H groups in total. The van der Waals surface area contributed by atoms with Crippen LogP contribution in [0.1, 0.15) is 16.1 Å². The van der Waals surface area contributed by atoms with Crippen LogP contribution in [0, 0.1) is 10.6 Å². The van der Waals surface area contributed by atoms with Gasteiger partial charge in [0.2, 0.25) is 0 Å². The van der Waals surface area contributed by atoms with Crippen LogP contribution in [0.25, 0.3) is 5.65 Å². The topological polar surface area (TPSA) is 43.6 Å². The summed E-state index contributed by atoms with van der Waals surface area (Å²) < 4.78 is 7.54. The van der Waals surface area contributed by atoms with E-state index in [1.807, 2.05) is 11.3 Å². The molecule has 0 aliphatic rings. The molecule has 0 saturated carbocycles. The van der Waals surface area contributed by atoms with Gasteiger partial charge in [-0.1, -0.05) is 0 Å². The third kappa shape index (κ3) is 1.71. The summed E-state index contributed by atoms with van der Waals surface area (Å²) in [7, 11) is 1.37. The minimum atomic E-state index is -0.334. The molecule has 2 heterocycles. The first-order valence-electron chi connectivity index (χ1n) is 4.36. The number of aryl methyl sites for hydroxylation is 1. The van der Waals surface area contributed by atoms with E-state index in [-0.39, 0.29) is 5.97 Å². The molecular formula is C10H9IN2O2. The third-order valence-corrected chi connectivity index (χ3v) is 3.44. The molecule has 15 heavy (non-hydrogen) atoms. The fraction of sp³-hybridized carbons (Fsp3) is 0.200. The molecular weight excluding hydrogens is 307 g/mol. The average Bonchev–Trinajstić information content (AvgIpc) is 2.54. The SMILES string of the molecule is COC(=O)c1ccc2nc(C)c(I)n2c1. The maximum absolute atomic E-state index is 11.3. The summed E-state index contributed by atoms with van der Waals surface area (Å²) in [4.78, 5) is 15.7. The summed E-state index contributed by atoms with van der Waals surface area (Å²) in [5.74, 6) is -0.334. The molecule has 0 spiro atoms. The highest BCUT2D eigenvalue weighted by atomic mass is 127. The second-order valence-corrected chi connectivity index (χ2v) is 4.15. The van der Waals surface area contributed by atoms with Crippen molar-refractivity contribution in [3.63, 3.8) is 0 Å². The van der Waals surface area contributed by atoms with Crippen LogP contribution in [-0.4, -0.2) is 22.5 Å². The van der Waals surface area contributed by atoms with E-state index < -0.39 is 0 Å². The Bertz CT molecular complexity index is 533. The summed E-state index contributed by atoms with van der Waals surface area (Å²) in [6, 6.07) is 3.52. The standard InChI is InChI=1S/C10H9IN2O2/c1-6-9(11)13-5-7(10(14)15-2)3-4-8(13)12-6/h3-5H,1-2H3. The lowest BCUT2D eigenvalue weighted by molar-refractivity contribution is 0.0600. The van der Waals surface area contributed by atoms with E-state index in [1.54, 1.807) is 18.3 Å². The molecule has 0 aliphatic heterocycles. The summed E-state index contributed by atoms with van der Waals surface area (Å²) in [5, 5.41) is 0. The van der Waals surface area contributed by atoms with E-state index >= 15 is 0 Å². The average molecular weight is 316 g/mol. The first-order chi connectivity index (χ1) is 7.13. The zero-order valence-corrected chi connectivity index (χ0v) is 10.5. The first-order valence-corrected chi connectivity index (χ1v) is 5.44. The lowest BCUT2D eigenvalue weighted by Crippen LogP contribution is -2.03. The van der Waals surface area contributed by atoms with Gasteiger partial charge in [0.05, 0.1) is 18.4 Å². The molecule has 0 aromatic carbocycles. The maximum atomic E-state index is 11.3. The number of methoxy groups -OCH3 is 1. The van der Waals surface area contributed by atoms with Crippen molar-refractivity contribution in [2.75, 3.05) is 7.11 Å². The summed E-state index contributed by atoms with van der Waals surface area (Å²) in [6.45, 7) is 1.94. The highest BCUT2D eigenvalue weighted by Crippen LogP contribution is 2.15. The summed E-state index contributed by atoms with van der Waals surface area (Å²) >= 11 is 2.20. The molecule has 0 unspecified atom stereocenters. The van der Waals surface area contributed by atoms with E-state index in [4.69, 9.17) is 0 Å². The Morgan fingerprint density at radius 3 is 2.93 bits per heavy atom. The fourth-order valence-corrected chi connectivity index (χ4v) is 1.88. The predicted octanol–water partition coefficient (Wildman–Crippen LogP) is 2.03. The Labute approximate surface area is 100 Å². The zero-order chi connectivity index (χ0) is 11.0. The number of nitrogens with zero attached hydrogens (tertiary/aromatic N) is 2. The van der Waals surface area contributed by atoms with Crippen LogP contribution >= 0.6 is 22.6 Å². The Morgan fingerprint density at radius 2 is 2.27 bits per heavy atom. The first kappa shape index (κ1) is 10.4. The number of hydrogen-bond donors (Lipinski definition) is 0. The second-order valence-electron chi connectivity index (χ2n) is 3.13. The van der Waals surface area contributed by atoms with Gasteiger partial charge in [0.25, 0.3) is 0 Å². The molecule has 0 amide bonds. The molecule has 0 aliphatic carbocycles. The van der Waals surface area contributed by atoms with Crippen LogP contribution in [0.5, 0.6) is 0 Å². The third-order valence-electron chi connectivity index (χ3n) is 2.14. The molecule has 78 valence electrons. The van der Waals surface area contributed by atoms with E-state index in [0.717, 1.165) is 15.0 Å². The van der Waals surface area contributed by atoms with Crippen molar-refractivity contribution in [1.82, 2.24) is 9.38 Å². The number of carbonyl (C=O) groups excluding carboxylic acids is 1. The number of pyridine rings is 1. The summed E-state index contributed by atoms with van der Waals surface area (Å²) in [5.41, 5.74) is 2.32. The smallest absolute Gasteiger partial charge is 0.339 e. The van der Waals surface area contributed by atoms with Crippen LogP contribution in [0.4, 0.5) is 0 Å². The number of carbonyl (C=O) groups is 1. The van der Waals surface area contributed by atoms with Crippen molar-refractivity contribution in [2.45, 2.75) is 6.92 Å². The number of hydrogen-bond acceptors (Lipinski definition) is 3. The van der Waals surface area contributed by atoms with Gasteiger partial charge in [-0.2, -0.15) is 0 Å². The van der Waals surface area contributed by atoms with Gasteiger partial charge in [-0.15, -0.1) is 0 Å². The van der Waals surface area contributed by atoms with Gasteiger partial charge in [0.15, 0.2) is 0 Å². The van der Waals surface area contributed by atoms with Gasteiger partial charge in [0.1, 0.15) is 9.35 Å². The summed E-state index contributed by atoms with van der Waals surface area (Å²) in [6.07, 6.45) is 1.74. The molecule has 2 aromatic heterocycles. The molecule has 2 aromatic rings. The van der Waals surface area contributed by atoms with Crippen LogP contribution in [0.2, 0.25) is 0 Å². The zero-order valence-electron chi connectivity index (χ0n) is 8.32. The highest BCUT2D eigenvalue weighted by Gasteiger charge is 2.09. The normalized spacial score (nSPS) is 10.6. The van der Waals surface area contributed by atoms with Crippen molar-refractivity contribution in [3.8, 4) is 0 Å². The number of halogens is 1. The molecule has 0 atom stereocenters. The largest absolute Gasteiger partial charge is 0.465 e. The van der Waals surface area contributed by atoms with Gasteiger partial charge in [-0.25, -0.2) is 9.78 Å². The quantitative estimate of drug-likeness (QED) is 0.597. The number of esters is 1. The number of rotatable bonds is 1. The van der Waals surface area contributed by atoms with Crippen molar-refractivity contribution < 1.29 is 9.53 Å². The van der Waals surface area contributed by atoms with E-state index in [9.17, 15) is 4.79 Å². The molecule has 2 rings (SSSR count). The lowest BCUT2D eigenvalue weighted by atomic mass is 10.3. The Balaban J connectivity index is 2.64. The van der Waals surface area contributed by atoms with Crippen LogP contribution in [0.3, 0.4) is 0 Å². The molecule has 0 saturated heterocycles. The molecule has 0 fully saturated rings. The lowest BCUT2D eigenvalue weighted by Gasteiger charge is -2.00. The van der Waals surface area contributed by atoms with Crippen molar-refractivity contribution in [2.24, 2.45) is 0 Å². The minimum Gasteiger partial charge on any atom is -0.465 e. The van der Waals surface area contributed by atoms with Crippen LogP contribution in [-0.2, 0) is 4.74 Å².